The standard InChI is InChI=1S/C12H22F2N2O/c1-9-5-4-6-12(7-9,16(2)3)8-15-11(17)10(13)14/h9-10H,4-8H2,1-3H3,(H,15,17). The minimum Gasteiger partial charge on any atom is -0.349 e. The molecule has 0 spiro atoms. The highest BCUT2D eigenvalue weighted by atomic mass is 19.3. The molecule has 1 N–H and O–H groups in total. The van der Waals surface area contributed by atoms with Gasteiger partial charge in [-0.3, -0.25) is 4.79 Å². The lowest BCUT2D eigenvalue weighted by atomic mass is 9.75. The van der Waals surface area contributed by atoms with Crippen molar-refractivity contribution in [3.8, 4) is 0 Å². The van der Waals surface area contributed by atoms with Crippen LogP contribution in [0.1, 0.15) is 32.6 Å². The maximum Gasteiger partial charge on any atom is 0.315 e. The zero-order valence-electron chi connectivity index (χ0n) is 10.8. The number of likely N-dealkylation sites (N-methyl/N-ethyl adjacent to an activating group) is 1. The first-order valence-electron chi connectivity index (χ1n) is 6.11. The fourth-order valence-electron chi connectivity index (χ4n) is 2.69. The minimum atomic E-state index is -2.92. The van der Waals surface area contributed by atoms with Gasteiger partial charge in [0, 0.05) is 12.1 Å². The van der Waals surface area contributed by atoms with Crippen LogP contribution >= 0.6 is 0 Å². The van der Waals surface area contributed by atoms with Crippen LogP contribution in [0.5, 0.6) is 0 Å². The van der Waals surface area contributed by atoms with Crippen molar-refractivity contribution in [2.24, 2.45) is 5.92 Å². The zero-order valence-corrected chi connectivity index (χ0v) is 10.8. The molecule has 1 rings (SSSR count). The quantitative estimate of drug-likeness (QED) is 0.824. The molecule has 0 aliphatic heterocycles. The van der Waals surface area contributed by atoms with E-state index < -0.39 is 12.3 Å². The fraction of sp³-hybridized carbons (Fsp3) is 0.917. The number of amides is 1. The number of nitrogens with zero attached hydrogens (tertiary/aromatic N) is 1. The Hall–Kier alpha value is -0.710. The molecule has 2 unspecified atom stereocenters. The van der Waals surface area contributed by atoms with Crippen LogP contribution in [0.15, 0.2) is 0 Å². The molecular formula is C12H22F2N2O. The molecule has 1 aliphatic rings. The van der Waals surface area contributed by atoms with Gasteiger partial charge in [-0.1, -0.05) is 19.8 Å². The van der Waals surface area contributed by atoms with Gasteiger partial charge in [-0.2, -0.15) is 8.78 Å². The van der Waals surface area contributed by atoms with E-state index in [0.717, 1.165) is 19.3 Å². The Morgan fingerprint density at radius 1 is 1.53 bits per heavy atom. The summed E-state index contributed by atoms with van der Waals surface area (Å²) in [4.78, 5) is 13.0. The largest absolute Gasteiger partial charge is 0.349 e. The number of rotatable bonds is 4. The number of carbonyl (C=O) groups is 1. The van der Waals surface area contributed by atoms with Gasteiger partial charge in [0.05, 0.1) is 0 Å². The van der Waals surface area contributed by atoms with E-state index in [9.17, 15) is 13.6 Å². The summed E-state index contributed by atoms with van der Waals surface area (Å²) in [5.41, 5.74) is -0.164. The summed E-state index contributed by atoms with van der Waals surface area (Å²) in [6.45, 7) is 2.49. The number of alkyl halides is 2. The average molecular weight is 248 g/mol. The molecule has 1 aliphatic carbocycles. The minimum absolute atomic E-state index is 0.164. The molecule has 0 aromatic heterocycles. The van der Waals surface area contributed by atoms with Crippen molar-refractivity contribution in [1.29, 1.82) is 0 Å². The Labute approximate surface area is 102 Å². The molecule has 0 aromatic rings. The highest BCUT2D eigenvalue weighted by Crippen LogP contribution is 2.35. The van der Waals surface area contributed by atoms with E-state index in [1.54, 1.807) is 0 Å². The van der Waals surface area contributed by atoms with E-state index in [2.05, 4.69) is 17.1 Å². The summed E-state index contributed by atoms with van der Waals surface area (Å²) in [5, 5.41) is 2.36. The molecule has 1 fully saturated rings. The zero-order chi connectivity index (χ0) is 13.1. The van der Waals surface area contributed by atoms with Gasteiger partial charge in [0.1, 0.15) is 0 Å². The summed E-state index contributed by atoms with van der Waals surface area (Å²) in [6.07, 6.45) is 1.25. The van der Waals surface area contributed by atoms with Crippen LogP contribution in [0.2, 0.25) is 0 Å². The van der Waals surface area contributed by atoms with Gasteiger partial charge in [0.25, 0.3) is 5.91 Å². The van der Waals surface area contributed by atoms with Crippen molar-refractivity contribution >= 4 is 5.91 Å². The van der Waals surface area contributed by atoms with Crippen LogP contribution in [0, 0.1) is 5.92 Å². The lowest BCUT2D eigenvalue weighted by Crippen LogP contribution is -2.55. The Morgan fingerprint density at radius 3 is 2.65 bits per heavy atom. The van der Waals surface area contributed by atoms with Crippen LogP contribution in [-0.2, 0) is 4.79 Å². The van der Waals surface area contributed by atoms with Gasteiger partial charge < -0.3 is 10.2 Å². The molecule has 1 amide bonds. The van der Waals surface area contributed by atoms with E-state index in [-0.39, 0.29) is 5.54 Å². The van der Waals surface area contributed by atoms with Gasteiger partial charge in [-0.15, -0.1) is 0 Å². The molecule has 0 radical (unpaired) electrons. The molecule has 5 heteroatoms. The number of hydrogen-bond donors (Lipinski definition) is 1. The van der Waals surface area contributed by atoms with Crippen LogP contribution < -0.4 is 5.32 Å². The predicted octanol–water partition coefficient (Wildman–Crippen LogP) is 1.88. The van der Waals surface area contributed by atoms with Crippen LogP contribution in [0.4, 0.5) is 8.78 Å². The summed E-state index contributed by atoms with van der Waals surface area (Å²) in [6, 6.07) is 0. The molecule has 3 nitrogen and oxygen atoms in total. The Morgan fingerprint density at radius 2 is 2.18 bits per heavy atom. The number of carbonyl (C=O) groups excluding carboxylic acids is 1. The first kappa shape index (κ1) is 14.4. The molecule has 2 atom stereocenters. The topological polar surface area (TPSA) is 32.3 Å². The summed E-state index contributed by atoms with van der Waals surface area (Å²) < 4.78 is 24.3. The van der Waals surface area contributed by atoms with Gasteiger partial charge >= 0.3 is 6.43 Å². The van der Waals surface area contributed by atoms with Crippen molar-refractivity contribution in [2.45, 2.75) is 44.6 Å². The van der Waals surface area contributed by atoms with E-state index in [0.29, 0.717) is 12.5 Å². The molecule has 0 aromatic carbocycles. The second kappa shape index (κ2) is 5.76. The molecule has 0 saturated heterocycles. The van der Waals surface area contributed by atoms with Crippen molar-refractivity contribution in [1.82, 2.24) is 10.2 Å². The van der Waals surface area contributed by atoms with Crippen LogP contribution in [0.3, 0.4) is 0 Å². The smallest absolute Gasteiger partial charge is 0.315 e. The van der Waals surface area contributed by atoms with Crippen molar-refractivity contribution in [3.05, 3.63) is 0 Å². The number of nitrogens with one attached hydrogen (secondary N) is 1. The van der Waals surface area contributed by atoms with Crippen molar-refractivity contribution in [3.63, 3.8) is 0 Å². The van der Waals surface area contributed by atoms with Gasteiger partial charge in [-0.05, 0) is 32.9 Å². The monoisotopic (exact) mass is 248 g/mol. The predicted molar refractivity (Wildman–Crippen MR) is 63.1 cm³/mol. The molecule has 0 bridgehead atoms. The van der Waals surface area contributed by atoms with E-state index in [1.165, 1.54) is 6.42 Å². The summed E-state index contributed by atoms with van der Waals surface area (Å²) in [7, 11) is 3.90. The van der Waals surface area contributed by atoms with Crippen LogP contribution in [-0.4, -0.2) is 43.4 Å². The van der Waals surface area contributed by atoms with E-state index in [4.69, 9.17) is 0 Å². The van der Waals surface area contributed by atoms with E-state index in [1.807, 2.05) is 14.1 Å². The van der Waals surface area contributed by atoms with Crippen molar-refractivity contribution in [2.75, 3.05) is 20.6 Å². The first-order chi connectivity index (χ1) is 7.87. The SMILES string of the molecule is CC1CCCC(CNC(=O)C(F)F)(N(C)C)C1. The second-order valence-electron chi connectivity index (χ2n) is 5.34. The summed E-state index contributed by atoms with van der Waals surface area (Å²) >= 11 is 0. The normalized spacial score (nSPS) is 29.7. The second-order valence-corrected chi connectivity index (χ2v) is 5.34. The molecule has 0 heterocycles. The molecule has 1 saturated carbocycles. The highest BCUT2D eigenvalue weighted by Gasteiger charge is 2.37. The Balaban J connectivity index is 2.62. The third kappa shape index (κ3) is 3.63. The maximum atomic E-state index is 12.2. The van der Waals surface area contributed by atoms with Crippen molar-refractivity contribution < 1.29 is 13.6 Å². The molecular weight excluding hydrogens is 226 g/mol. The molecule has 100 valence electrons. The van der Waals surface area contributed by atoms with E-state index >= 15 is 0 Å². The summed E-state index contributed by atoms with van der Waals surface area (Å²) in [5.74, 6) is -0.584. The maximum absolute atomic E-state index is 12.2. The number of hydrogen-bond acceptors (Lipinski definition) is 2. The van der Waals surface area contributed by atoms with Gasteiger partial charge in [-0.25, -0.2) is 0 Å². The van der Waals surface area contributed by atoms with Gasteiger partial charge in [0.2, 0.25) is 0 Å². The van der Waals surface area contributed by atoms with Gasteiger partial charge in [0.15, 0.2) is 0 Å². The first-order valence-corrected chi connectivity index (χ1v) is 6.11. The lowest BCUT2D eigenvalue weighted by molar-refractivity contribution is -0.132. The third-order valence-electron chi connectivity index (χ3n) is 3.81. The Kier molecular flexibility index (Phi) is 4.86. The highest BCUT2D eigenvalue weighted by molar-refractivity contribution is 5.79. The molecule has 17 heavy (non-hydrogen) atoms. The average Bonchev–Trinajstić information content (AvgIpc) is 2.25. The number of halogens is 2. The lowest BCUT2D eigenvalue weighted by Gasteiger charge is -2.45. The fourth-order valence-corrected chi connectivity index (χ4v) is 2.69. The third-order valence-corrected chi connectivity index (χ3v) is 3.81. The Bertz CT molecular complexity index is 271. The van der Waals surface area contributed by atoms with Crippen LogP contribution in [0.25, 0.3) is 0 Å².